The Morgan fingerprint density at radius 1 is 0.795 bits per heavy atom. The van der Waals surface area contributed by atoms with E-state index in [0.29, 0.717) is 38.8 Å². The van der Waals surface area contributed by atoms with Gasteiger partial charge in [0.25, 0.3) is 11.5 Å². The molecule has 0 saturated carbocycles. The van der Waals surface area contributed by atoms with Crippen LogP contribution in [0.2, 0.25) is 5.02 Å². The van der Waals surface area contributed by atoms with Crippen LogP contribution in [-0.4, -0.2) is 35.8 Å². The number of rotatable bonds is 10. The van der Waals surface area contributed by atoms with Gasteiger partial charge in [-0.2, -0.15) is 0 Å². The smallest absolute Gasteiger partial charge is 0.327 e. The number of hydrogen-bond donors (Lipinski definition) is 2. The molecule has 2 N–H and O–H groups in total. The molecule has 5 rings (SSSR count). The number of carboxylic acids is 1. The second kappa shape index (κ2) is 13.3. The molecule has 0 saturated heterocycles. The summed E-state index contributed by atoms with van der Waals surface area (Å²) in [7, 11) is 3.02. The third kappa shape index (κ3) is 6.66. The fraction of sp³-hybridized carbons (Fsp3) is 0.114. The van der Waals surface area contributed by atoms with Gasteiger partial charge in [0, 0.05) is 28.8 Å². The first kappa shape index (κ1) is 30.1. The first-order valence-electron chi connectivity index (χ1n) is 13.7. The molecule has 1 heterocycles. The van der Waals surface area contributed by atoms with E-state index in [1.165, 1.54) is 26.5 Å². The second-order valence-electron chi connectivity index (χ2n) is 10.0. The van der Waals surface area contributed by atoms with E-state index in [4.69, 9.17) is 21.1 Å². The standard InChI is InChI=1S/C35H29ClN2O6/c1-43-31-17-14-26(20-32(31)44-2)27-19-29(37-33(39)25-12-10-24(11-13-25)23-6-4-3-5-7-23)34(40)38(21-27)30(35(41)42)18-22-8-15-28(36)16-9-22/h3-17,19-21,30H,18H2,1-2H3,(H,37,39)(H,41,42). The summed E-state index contributed by atoms with van der Waals surface area (Å²) in [5.74, 6) is -0.770. The minimum Gasteiger partial charge on any atom is -0.493 e. The van der Waals surface area contributed by atoms with Gasteiger partial charge in [-0.3, -0.25) is 14.2 Å². The number of carboxylic acid groups (broad SMARTS) is 1. The lowest BCUT2D eigenvalue weighted by Crippen LogP contribution is -2.33. The van der Waals surface area contributed by atoms with E-state index >= 15 is 0 Å². The average molecular weight is 609 g/mol. The van der Waals surface area contributed by atoms with Crippen LogP contribution in [0.3, 0.4) is 0 Å². The van der Waals surface area contributed by atoms with Gasteiger partial charge >= 0.3 is 5.97 Å². The second-order valence-corrected chi connectivity index (χ2v) is 10.4. The van der Waals surface area contributed by atoms with Crippen LogP contribution in [0.15, 0.2) is 114 Å². The normalized spacial score (nSPS) is 11.4. The predicted molar refractivity (Wildman–Crippen MR) is 171 cm³/mol. The summed E-state index contributed by atoms with van der Waals surface area (Å²) in [5.41, 5.74) is 3.33. The molecule has 0 fully saturated rings. The van der Waals surface area contributed by atoms with E-state index in [0.717, 1.165) is 15.7 Å². The third-order valence-electron chi connectivity index (χ3n) is 7.23. The summed E-state index contributed by atoms with van der Waals surface area (Å²) in [5, 5.41) is 13.5. The summed E-state index contributed by atoms with van der Waals surface area (Å²) in [6, 6.07) is 28.9. The largest absolute Gasteiger partial charge is 0.493 e. The minimum absolute atomic E-state index is 0.0101. The number of hydrogen-bond acceptors (Lipinski definition) is 5. The molecule has 44 heavy (non-hydrogen) atoms. The third-order valence-corrected chi connectivity index (χ3v) is 7.48. The Labute approximate surface area is 259 Å². The number of aromatic nitrogens is 1. The minimum atomic E-state index is -1.27. The lowest BCUT2D eigenvalue weighted by atomic mass is 10.0. The fourth-order valence-electron chi connectivity index (χ4n) is 4.88. The molecule has 1 unspecified atom stereocenters. The van der Waals surface area contributed by atoms with Gasteiger partial charge in [0.15, 0.2) is 11.5 Å². The summed E-state index contributed by atoms with van der Waals surface area (Å²) < 4.78 is 11.9. The van der Waals surface area contributed by atoms with Crippen LogP contribution in [0.4, 0.5) is 5.69 Å². The van der Waals surface area contributed by atoms with Crippen LogP contribution < -0.4 is 20.3 Å². The van der Waals surface area contributed by atoms with Crippen LogP contribution in [0.1, 0.15) is 22.0 Å². The highest BCUT2D eigenvalue weighted by atomic mass is 35.5. The van der Waals surface area contributed by atoms with E-state index in [1.807, 2.05) is 42.5 Å². The van der Waals surface area contributed by atoms with Gasteiger partial charge in [-0.05, 0) is 64.7 Å². The first-order chi connectivity index (χ1) is 21.3. The quantitative estimate of drug-likeness (QED) is 0.177. The summed E-state index contributed by atoms with van der Waals surface area (Å²) in [6.45, 7) is 0. The number of carbonyl (C=O) groups excluding carboxylic acids is 1. The van der Waals surface area contributed by atoms with E-state index in [-0.39, 0.29) is 12.1 Å². The number of amides is 1. The van der Waals surface area contributed by atoms with Crippen LogP contribution in [0.25, 0.3) is 22.3 Å². The zero-order valence-electron chi connectivity index (χ0n) is 24.0. The molecule has 0 bridgehead atoms. The zero-order chi connectivity index (χ0) is 31.2. The molecule has 0 radical (unpaired) electrons. The topological polar surface area (TPSA) is 107 Å². The molecule has 1 aromatic heterocycles. The number of halogens is 1. The number of aliphatic carboxylic acids is 1. The number of benzene rings is 4. The monoisotopic (exact) mass is 608 g/mol. The number of ether oxygens (including phenoxy) is 2. The molecule has 0 spiro atoms. The van der Waals surface area contributed by atoms with Gasteiger partial charge in [-0.25, -0.2) is 4.79 Å². The number of nitrogens with zero attached hydrogens (tertiary/aromatic N) is 1. The number of carbonyl (C=O) groups is 2. The predicted octanol–water partition coefficient (Wildman–Crippen LogP) is 6.97. The van der Waals surface area contributed by atoms with Gasteiger partial charge in [0.1, 0.15) is 11.7 Å². The van der Waals surface area contributed by atoms with Crippen molar-refractivity contribution in [2.24, 2.45) is 0 Å². The molecular formula is C35H29ClN2O6. The maximum atomic E-state index is 13.8. The van der Waals surface area contributed by atoms with Gasteiger partial charge in [-0.15, -0.1) is 0 Å². The highest BCUT2D eigenvalue weighted by Gasteiger charge is 2.24. The average Bonchev–Trinajstić information content (AvgIpc) is 3.05. The molecule has 0 aliphatic rings. The molecule has 222 valence electrons. The van der Waals surface area contributed by atoms with E-state index in [2.05, 4.69) is 5.32 Å². The highest BCUT2D eigenvalue weighted by molar-refractivity contribution is 6.30. The molecule has 8 nitrogen and oxygen atoms in total. The maximum Gasteiger partial charge on any atom is 0.327 e. The van der Waals surface area contributed by atoms with Crippen molar-refractivity contribution in [2.45, 2.75) is 12.5 Å². The van der Waals surface area contributed by atoms with E-state index in [9.17, 15) is 19.5 Å². The molecule has 0 aliphatic heterocycles. The molecular weight excluding hydrogens is 580 g/mol. The van der Waals surface area contributed by atoms with Crippen LogP contribution in [0.5, 0.6) is 11.5 Å². The Balaban J connectivity index is 1.56. The lowest BCUT2D eigenvalue weighted by molar-refractivity contribution is -0.141. The maximum absolute atomic E-state index is 13.8. The van der Waals surface area contributed by atoms with Crippen molar-refractivity contribution in [3.8, 4) is 33.8 Å². The van der Waals surface area contributed by atoms with Crippen molar-refractivity contribution in [3.05, 3.63) is 136 Å². The van der Waals surface area contributed by atoms with Gasteiger partial charge in [0.05, 0.1) is 14.2 Å². The van der Waals surface area contributed by atoms with Crippen LogP contribution in [0, 0.1) is 0 Å². The first-order valence-corrected chi connectivity index (χ1v) is 14.1. The molecule has 4 aromatic carbocycles. The summed E-state index contributed by atoms with van der Waals surface area (Å²) in [4.78, 5) is 39.7. The molecule has 9 heteroatoms. The fourth-order valence-corrected chi connectivity index (χ4v) is 5.01. The van der Waals surface area contributed by atoms with Crippen molar-refractivity contribution < 1.29 is 24.2 Å². The SMILES string of the molecule is COc1ccc(-c2cc(NC(=O)c3ccc(-c4ccccc4)cc3)c(=O)n(C(Cc3ccc(Cl)cc3)C(=O)O)c2)cc1OC. The van der Waals surface area contributed by atoms with Crippen molar-refractivity contribution >= 4 is 29.2 Å². The molecule has 1 amide bonds. The molecule has 5 aromatic rings. The van der Waals surface area contributed by atoms with Gasteiger partial charge < -0.3 is 19.9 Å². The summed E-state index contributed by atoms with van der Waals surface area (Å²) in [6.07, 6.45) is 1.48. The highest BCUT2D eigenvalue weighted by Crippen LogP contribution is 2.33. The molecule has 1 atom stereocenters. The van der Waals surface area contributed by atoms with Gasteiger partial charge in [-0.1, -0.05) is 72.3 Å². The Morgan fingerprint density at radius 2 is 1.43 bits per heavy atom. The lowest BCUT2D eigenvalue weighted by Gasteiger charge is -2.19. The Bertz CT molecular complexity index is 1850. The van der Waals surface area contributed by atoms with Crippen molar-refractivity contribution in [1.29, 1.82) is 0 Å². The Hall–Kier alpha value is -5.34. The van der Waals surface area contributed by atoms with E-state index < -0.39 is 23.5 Å². The Morgan fingerprint density at radius 3 is 2.07 bits per heavy atom. The van der Waals surface area contributed by atoms with Crippen molar-refractivity contribution in [1.82, 2.24) is 4.57 Å². The zero-order valence-corrected chi connectivity index (χ0v) is 24.7. The van der Waals surface area contributed by atoms with Crippen molar-refractivity contribution in [3.63, 3.8) is 0 Å². The number of anilines is 1. The van der Waals surface area contributed by atoms with Crippen molar-refractivity contribution in [2.75, 3.05) is 19.5 Å². The van der Waals surface area contributed by atoms with Crippen LogP contribution >= 0.6 is 11.6 Å². The summed E-state index contributed by atoms with van der Waals surface area (Å²) >= 11 is 6.02. The van der Waals surface area contributed by atoms with Gasteiger partial charge in [0.2, 0.25) is 0 Å². The Kier molecular flexibility index (Phi) is 9.12. The van der Waals surface area contributed by atoms with E-state index in [1.54, 1.807) is 54.6 Å². The number of methoxy groups -OCH3 is 2. The number of nitrogens with one attached hydrogen (secondary N) is 1. The van der Waals surface area contributed by atoms with Crippen LogP contribution in [-0.2, 0) is 11.2 Å². The molecule has 0 aliphatic carbocycles. The number of pyridine rings is 1.